The fourth-order valence-electron chi connectivity index (χ4n) is 2.24. The molecule has 3 N–H and O–H groups in total. The Morgan fingerprint density at radius 3 is 2.61 bits per heavy atom. The molecule has 0 fully saturated rings. The van der Waals surface area contributed by atoms with E-state index in [1.54, 1.807) is 18.2 Å². The molecule has 28 heavy (non-hydrogen) atoms. The third kappa shape index (κ3) is 11.1. The highest BCUT2D eigenvalue weighted by Crippen LogP contribution is 2.22. The Kier molecular flexibility index (Phi) is 12.7. The molecule has 160 valence electrons. The number of rotatable bonds is 9. The van der Waals surface area contributed by atoms with Crippen molar-refractivity contribution >= 4 is 63.0 Å². The van der Waals surface area contributed by atoms with Gasteiger partial charge in [-0.1, -0.05) is 17.7 Å². The van der Waals surface area contributed by atoms with Gasteiger partial charge in [-0.3, -0.25) is 9.79 Å². The molecule has 0 saturated carbocycles. The molecule has 0 aliphatic rings. The van der Waals surface area contributed by atoms with Crippen molar-refractivity contribution in [2.75, 3.05) is 30.4 Å². The molecule has 1 unspecified atom stereocenters. The summed E-state index contributed by atoms with van der Waals surface area (Å²) < 4.78 is 22.5. The molecule has 1 aromatic rings. The number of aliphatic imine (C=N–C) groups is 1. The number of carbonyl (C=O) groups is 1. The maximum atomic E-state index is 12.1. The highest BCUT2D eigenvalue weighted by molar-refractivity contribution is 14.0. The fraction of sp³-hybridized carbons (Fsp3) is 0.556. The van der Waals surface area contributed by atoms with Crippen LogP contribution in [0, 0.1) is 6.92 Å². The van der Waals surface area contributed by atoms with E-state index in [1.165, 1.54) is 6.26 Å². The van der Waals surface area contributed by atoms with Gasteiger partial charge in [0.15, 0.2) is 5.96 Å². The van der Waals surface area contributed by atoms with Crippen LogP contribution < -0.4 is 16.0 Å². The van der Waals surface area contributed by atoms with Gasteiger partial charge in [-0.25, -0.2) is 8.42 Å². The molecule has 0 aliphatic heterocycles. The fourth-order valence-corrected chi connectivity index (χ4v) is 3.20. The Morgan fingerprint density at radius 2 is 2.00 bits per heavy atom. The van der Waals surface area contributed by atoms with Crippen LogP contribution in [0.2, 0.25) is 5.02 Å². The molecule has 0 aromatic heterocycles. The van der Waals surface area contributed by atoms with Gasteiger partial charge in [-0.15, -0.1) is 24.0 Å². The Balaban J connectivity index is 0.00000729. The summed E-state index contributed by atoms with van der Waals surface area (Å²) in [5, 5.41) is 9.69. The third-order valence-corrected chi connectivity index (χ3v) is 5.19. The van der Waals surface area contributed by atoms with Crippen LogP contribution in [0.4, 0.5) is 5.69 Å². The van der Waals surface area contributed by atoms with Crippen molar-refractivity contribution in [1.29, 1.82) is 0 Å². The largest absolute Gasteiger partial charge is 0.357 e. The maximum Gasteiger partial charge on any atom is 0.226 e. The normalized spacial score (nSPS) is 12.7. The first-order valence-corrected chi connectivity index (χ1v) is 11.3. The van der Waals surface area contributed by atoms with Crippen molar-refractivity contribution in [2.45, 2.75) is 39.7 Å². The van der Waals surface area contributed by atoms with E-state index in [4.69, 9.17) is 11.6 Å². The maximum absolute atomic E-state index is 12.1. The van der Waals surface area contributed by atoms with Crippen molar-refractivity contribution in [1.82, 2.24) is 10.6 Å². The number of benzene rings is 1. The number of nitrogens with zero attached hydrogens (tertiary/aromatic N) is 1. The predicted molar refractivity (Wildman–Crippen MR) is 128 cm³/mol. The summed E-state index contributed by atoms with van der Waals surface area (Å²) in [6, 6.07) is 5.31. The first-order chi connectivity index (χ1) is 12.6. The second kappa shape index (κ2) is 13.2. The topological polar surface area (TPSA) is 99.7 Å². The molecular formula is C18H30ClIN4O3S. The van der Waals surface area contributed by atoms with E-state index in [0.717, 1.165) is 5.56 Å². The van der Waals surface area contributed by atoms with Crippen LogP contribution in [0.1, 0.15) is 32.3 Å². The number of anilines is 1. The number of carbonyl (C=O) groups excluding carboxylic acids is 1. The molecule has 0 saturated heterocycles. The molecule has 0 heterocycles. The van der Waals surface area contributed by atoms with Crippen molar-refractivity contribution in [3.8, 4) is 0 Å². The van der Waals surface area contributed by atoms with Crippen molar-refractivity contribution in [3.05, 3.63) is 28.8 Å². The first kappa shape index (κ1) is 26.9. The average molecular weight is 545 g/mol. The van der Waals surface area contributed by atoms with Crippen LogP contribution in [-0.2, 0) is 14.6 Å². The van der Waals surface area contributed by atoms with Crippen molar-refractivity contribution in [3.63, 3.8) is 0 Å². The van der Waals surface area contributed by atoms with E-state index in [9.17, 15) is 13.2 Å². The third-order valence-electron chi connectivity index (χ3n) is 3.80. The van der Waals surface area contributed by atoms with Gasteiger partial charge in [0.05, 0.1) is 12.3 Å². The van der Waals surface area contributed by atoms with E-state index >= 15 is 0 Å². The summed E-state index contributed by atoms with van der Waals surface area (Å²) >= 11 is 6.05. The molecule has 0 radical (unpaired) electrons. The molecule has 7 nitrogen and oxygen atoms in total. The molecule has 10 heteroatoms. The summed E-state index contributed by atoms with van der Waals surface area (Å²) in [6.07, 6.45) is 1.93. The summed E-state index contributed by atoms with van der Waals surface area (Å²) in [5.41, 5.74) is 1.52. The monoisotopic (exact) mass is 544 g/mol. The van der Waals surface area contributed by atoms with E-state index in [1.807, 2.05) is 20.8 Å². The number of amides is 1. The second-order valence-electron chi connectivity index (χ2n) is 6.44. The first-order valence-electron chi connectivity index (χ1n) is 8.90. The molecule has 1 rings (SSSR count). The highest BCUT2D eigenvalue weighted by Gasteiger charge is 2.10. The van der Waals surface area contributed by atoms with Gasteiger partial charge in [0.1, 0.15) is 9.84 Å². The number of guanidine groups is 1. The number of sulfone groups is 1. The lowest BCUT2D eigenvalue weighted by molar-refractivity contribution is -0.116. The standard InChI is InChI=1S/C18H29ClN4O3S.HI/c1-5-20-18(22-13(2)10-12-27(4,25)26)21-11-9-17(24)23-16-8-6-7-15(19)14(16)3;/h6-8,13H,5,9-12H2,1-4H3,(H,23,24)(H2,20,21,22);1H. The van der Waals surface area contributed by atoms with Crippen LogP contribution in [0.3, 0.4) is 0 Å². The van der Waals surface area contributed by atoms with Crippen LogP contribution in [0.15, 0.2) is 23.2 Å². The molecule has 0 aliphatic carbocycles. The van der Waals surface area contributed by atoms with E-state index < -0.39 is 9.84 Å². The van der Waals surface area contributed by atoms with Crippen molar-refractivity contribution < 1.29 is 13.2 Å². The van der Waals surface area contributed by atoms with Gasteiger partial charge in [0, 0.05) is 36.0 Å². The van der Waals surface area contributed by atoms with E-state index in [-0.39, 0.29) is 48.1 Å². The zero-order chi connectivity index (χ0) is 20.4. The van der Waals surface area contributed by atoms with E-state index in [0.29, 0.717) is 36.2 Å². The second-order valence-corrected chi connectivity index (χ2v) is 9.10. The van der Waals surface area contributed by atoms with Crippen LogP contribution in [-0.4, -0.2) is 51.4 Å². The highest BCUT2D eigenvalue weighted by atomic mass is 127. The Labute approximate surface area is 190 Å². The summed E-state index contributed by atoms with van der Waals surface area (Å²) in [6.45, 7) is 6.65. The zero-order valence-electron chi connectivity index (χ0n) is 16.7. The van der Waals surface area contributed by atoms with Gasteiger partial charge in [-0.2, -0.15) is 0 Å². The summed E-state index contributed by atoms with van der Waals surface area (Å²) in [4.78, 5) is 16.5. The Bertz CT molecular complexity index is 772. The molecular weight excluding hydrogens is 515 g/mol. The minimum Gasteiger partial charge on any atom is -0.357 e. The van der Waals surface area contributed by atoms with Crippen LogP contribution in [0.25, 0.3) is 0 Å². The number of hydrogen-bond acceptors (Lipinski definition) is 4. The van der Waals surface area contributed by atoms with Gasteiger partial charge in [0.25, 0.3) is 0 Å². The Hall–Kier alpha value is -1.07. The van der Waals surface area contributed by atoms with E-state index in [2.05, 4.69) is 20.9 Å². The number of nitrogens with one attached hydrogen (secondary N) is 3. The molecule has 1 amide bonds. The smallest absolute Gasteiger partial charge is 0.226 e. The average Bonchev–Trinajstić information content (AvgIpc) is 2.57. The number of halogens is 2. The lowest BCUT2D eigenvalue weighted by atomic mass is 10.2. The molecule has 1 atom stereocenters. The van der Waals surface area contributed by atoms with Crippen LogP contribution in [0.5, 0.6) is 0 Å². The molecule has 1 aromatic carbocycles. The lowest BCUT2D eigenvalue weighted by Gasteiger charge is -2.17. The predicted octanol–water partition coefficient (Wildman–Crippen LogP) is 2.97. The quantitative estimate of drug-likeness (QED) is 0.252. The zero-order valence-corrected chi connectivity index (χ0v) is 20.6. The van der Waals surface area contributed by atoms with Crippen LogP contribution >= 0.6 is 35.6 Å². The SMILES string of the molecule is CCNC(=NCCC(=O)Nc1cccc(Cl)c1C)NC(C)CCS(C)(=O)=O.I. The van der Waals surface area contributed by atoms with Gasteiger partial charge in [0.2, 0.25) is 5.91 Å². The number of hydrogen-bond donors (Lipinski definition) is 3. The minimum absolute atomic E-state index is 0. The molecule has 0 spiro atoms. The summed E-state index contributed by atoms with van der Waals surface area (Å²) in [7, 11) is -2.99. The minimum atomic E-state index is -2.99. The van der Waals surface area contributed by atoms with Crippen molar-refractivity contribution in [2.24, 2.45) is 4.99 Å². The van der Waals surface area contributed by atoms with Gasteiger partial charge >= 0.3 is 0 Å². The van der Waals surface area contributed by atoms with Gasteiger partial charge < -0.3 is 16.0 Å². The molecule has 0 bridgehead atoms. The Morgan fingerprint density at radius 1 is 1.32 bits per heavy atom. The lowest BCUT2D eigenvalue weighted by Crippen LogP contribution is -2.43. The summed E-state index contributed by atoms with van der Waals surface area (Å²) in [5.74, 6) is 0.525. The van der Waals surface area contributed by atoms with Gasteiger partial charge in [-0.05, 0) is 44.9 Å².